The first-order chi connectivity index (χ1) is 8.94. The minimum atomic E-state index is -4.03. The van der Waals surface area contributed by atoms with Gasteiger partial charge in [-0.25, -0.2) is 12.8 Å². The zero-order valence-electron chi connectivity index (χ0n) is 9.18. The van der Waals surface area contributed by atoms with Gasteiger partial charge < -0.3 is 0 Å². The van der Waals surface area contributed by atoms with Crippen LogP contribution in [-0.2, 0) is 10.0 Å². The molecule has 6 nitrogen and oxygen atoms in total. The van der Waals surface area contributed by atoms with E-state index in [2.05, 4.69) is 14.9 Å². The molecule has 2 aromatic rings. The fraction of sp³-hybridized carbons (Fsp3) is 0. The Kier molecular flexibility index (Phi) is 3.42. The van der Waals surface area contributed by atoms with Crippen molar-refractivity contribution < 1.29 is 12.8 Å². The third-order valence-electron chi connectivity index (χ3n) is 2.18. The van der Waals surface area contributed by atoms with Crippen LogP contribution in [0, 0.1) is 17.1 Å². The SMILES string of the molecule is N#Cc1cn[nH]c1NS(=O)(=O)c1ccc(F)cc1Cl. The van der Waals surface area contributed by atoms with E-state index in [1.807, 2.05) is 0 Å². The number of halogens is 2. The van der Waals surface area contributed by atoms with Gasteiger partial charge in [-0.3, -0.25) is 9.82 Å². The Bertz CT molecular complexity index is 766. The average molecular weight is 301 g/mol. The van der Waals surface area contributed by atoms with Crippen LogP contribution in [0.25, 0.3) is 0 Å². The maximum Gasteiger partial charge on any atom is 0.264 e. The van der Waals surface area contributed by atoms with Crippen LogP contribution < -0.4 is 4.72 Å². The second-order valence-electron chi connectivity index (χ2n) is 3.45. The van der Waals surface area contributed by atoms with Crippen molar-refractivity contribution >= 4 is 27.4 Å². The number of nitriles is 1. The molecule has 2 N–H and O–H groups in total. The number of rotatable bonds is 3. The lowest BCUT2D eigenvalue weighted by Gasteiger charge is -2.07. The molecule has 0 radical (unpaired) electrons. The Balaban J connectivity index is 2.41. The summed E-state index contributed by atoms with van der Waals surface area (Å²) < 4.78 is 39.0. The predicted octanol–water partition coefficient (Wildman–Crippen LogP) is 1.87. The van der Waals surface area contributed by atoms with Crippen molar-refractivity contribution in [2.45, 2.75) is 4.90 Å². The molecule has 1 aromatic heterocycles. The van der Waals surface area contributed by atoms with Gasteiger partial charge in [0.05, 0.1) is 11.2 Å². The third kappa shape index (κ3) is 2.67. The highest BCUT2D eigenvalue weighted by Gasteiger charge is 2.20. The van der Waals surface area contributed by atoms with Crippen molar-refractivity contribution in [2.75, 3.05) is 4.72 Å². The third-order valence-corrected chi connectivity index (χ3v) is 4.01. The van der Waals surface area contributed by atoms with Gasteiger partial charge in [-0.05, 0) is 18.2 Å². The number of aromatic amines is 1. The fourth-order valence-corrected chi connectivity index (χ4v) is 2.90. The van der Waals surface area contributed by atoms with Crippen LogP contribution in [0.5, 0.6) is 0 Å². The summed E-state index contributed by atoms with van der Waals surface area (Å²) in [5, 5.41) is 14.4. The van der Waals surface area contributed by atoms with Crippen LogP contribution in [-0.4, -0.2) is 18.6 Å². The zero-order chi connectivity index (χ0) is 14.0. The number of hydrogen-bond donors (Lipinski definition) is 2. The molecule has 0 amide bonds. The fourth-order valence-electron chi connectivity index (χ4n) is 1.33. The summed E-state index contributed by atoms with van der Waals surface area (Å²) in [4.78, 5) is -0.297. The first-order valence-corrected chi connectivity index (χ1v) is 6.71. The van der Waals surface area contributed by atoms with E-state index in [-0.39, 0.29) is 21.3 Å². The highest BCUT2D eigenvalue weighted by Crippen LogP contribution is 2.24. The summed E-state index contributed by atoms with van der Waals surface area (Å²) in [6.07, 6.45) is 1.17. The Morgan fingerprint density at radius 2 is 2.21 bits per heavy atom. The highest BCUT2D eigenvalue weighted by molar-refractivity contribution is 7.92. The topological polar surface area (TPSA) is 98.6 Å². The summed E-state index contributed by atoms with van der Waals surface area (Å²) in [5.74, 6) is -0.730. The number of hydrogen-bond acceptors (Lipinski definition) is 4. The smallest absolute Gasteiger partial charge is 0.263 e. The van der Waals surface area contributed by atoms with Gasteiger partial charge >= 0.3 is 0 Å². The molecular weight excluding hydrogens is 295 g/mol. The number of nitrogens with one attached hydrogen (secondary N) is 2. The summed E-state index contributed by atoms with van der Waals surface area (Å²) in [7, 11) is -4.03. The van der Waals surface area contributed by atoms with Crippen molar-refractivity contribution in [3.05, 3.63) is 40.8 Å². The van der Waals surface area contributed by atoms with Crippen molar-refractivity contribution in [1.29, 1.82) is 5.26 Å². The van der Waals surface area contributed by atoms with E-state index in [4.69, 9.17) is 16.9 Å². The molecule has 1 aromatic carbocycles. The maximum absolute atomic E-state index is 12.9. The van der Waals surface area contributed by atoms with Crippen LogP contribution in [0.15, 0.2) is 29.3 Å². The largest absolute Gasteiger partial charge is 0.264 e. The molecule has 19 heavy (non-hydrogen) atoms. The van der Waals surface area contributed by atoms with Gasteiger partial charge in [-0.2, -0.15) is 10.4 Å². The lowest BCUT2D eigenvalue weighted by Crippen LogP contribution is -2.14. The number of H-pyrrole nitrogens is 1. The average Bonchev–Trinajstić information content (AvgIpc) is 2.74. The number of nitrogens with zero attached hydrogens (tertiary/aromatic N) is 2. The zero-order valence-corrected chi connectivity index (χ0v) is 10.8. The van der Waals surface area contributed by atoms with Crippen LogP contribution in [0.2, 0.25) is 5.02 Å². The number of sulfonamides is 1. The molecule has 0 aliphatic carbocycles. The molecule has 98 valence electrons. The second-order valence-corrected chi connectivity index (χ2v) is 5.51. The Morgan fingerprint density at radius 3 is 2.84 bits per heavy atom. The van der Waals surface area contributed by atoms with E-state index in [1.165, 1.54) is 6.20 Å². The van der Waals surface area contributed by atoms with Crippen molar-refractivity contribution in [3.63, 3.8) is 0 Å². The summed E-state index contributed by atoms with van der Waals surface area (Å²) in [6, 6.07) is 4.64. The standard InChI is InChI=1S/C10H6ClFN4O2S/c11-8-3-7(12)1-2-9(8)19(17,18)16-10-6(4-13)5-14-15-10/h1-3,5H,(H2,14,15,16). The molecule has 0 saturated heterocycles. The van der Waals surface area contributed by atoms with E-state index < -0.39 is 15.8 Å². The van der Waals surface area contributed by atoms with Gasteiger partial charge in [-0.1, -0.05) is 11.6 Å². The number of benzene rings is 1. The Labute approximate surface area is 112 Å². The van der Waals surface area contributed by atoms with Gasteiger partial charge in [-0.15, -0.1) is 0 Å². The predicted molar refractivity (Wildman–Crippen MR) is 65.5 cm³/mol. The minimum absolute atomic E-state index is 0.0295. The minimum Gasteiger partial charge on any atom is -0.263 e. The number of aromatic nitrogens is 2. The molecule has 9 heteroatoms. The molecule has 0 aliphatic heterocycles. The molecule has 0 fully saturated rings. The second kappa shape index (κ2) is 4.87. The molecule has 2 rings (SSSR count). The van der Waals surface area contributed by atoms with Crippen LogP contribution in [0.3, 0.4) is 0 Å². The lowest BCUT2D eigenvalue weighted by atomic mass is 10.3. The molecular formula is C10H6ClFN4O2S. The van der Waals surface area contributed by atoms with E-state index in [0.29, 0.717) is 0 Å². The number of anilines is 1. The van der Waals surface area contributed by atoms with Crippen molar-refractivity contribution in [2.24, 2.45) is 0 Å². The Hall–Kier alpha value is -2.11. The molecule has 0 spiro atoms. The quantitative estimate of drug-likeness (QED) is 0.904. The van der Waals surface area contributed by atoms with Crippen LogP contribution in [0.4, 0.5) is 10.2 Å². The molecule has 0 unspecified atom stereocenters. The first-order valence-electron chi connectivity index (χ1n) is 4.85. The maximum atomic E-state index is 12.9. The van der Waals surface area contributed by atoms with Gasteiger partial charge in [0.2, 0.25) is 0 Å². The molecule has 0 saturated carbocycles. The molecule has 0 bridgehead atoms. The van der Waals surface area contributed by atoms with Crippen LogP contribution in [0.1, 0.15) is 5.56 Å². The van der Waals surface area contributed by atoms with E-state index in [1.54, 1.807) is 6.07 Å². The molecule has 1 heterocycles. The summed E-state index contributed by atoms with van der Waals surface area (Å²) in [6.45, 7) is 0. The summed E-state index contributed by atoms with van der Waals surface area (Å²) in [5.41, 5.74) is 0.0295. The van der Waals surface area contributed by atoms with Gasteiger partial charge in [0, 0.05) is 0 Å². The van der Waals surface area contributed by atoms with E-state index in [9.17, 15) is 12.8 Å². The Morgan fingerprint density at radius 1 is 1.47 bits per heavy atom. The lowest BCUT2D eigenvalue weighted by molar-refractivity contribution is 0.599. The van der Waals surface area contributed by atoms with E-state index >= 15 is 0 Å². The molecule has 0 atom stereocenters. The van der Waals surface area contributed by atoms with Gasteiger partial charge in [0.15, 0.2) is 5.82 Å². The summed E-state index contributed by atoms with van der Waals surface area (Å²) >= 11 is 5.68. The normalized spacial score (nSPS) is 11.0. The first kappa shape index (κ1) is 13.3. The van der Waals surface area contributed by atoms with Crippen molar-refractivity contribution in [1.82, 2.24) is 10.2 Å². The van der Waals surface area contributed by atoms with Crippen molar-refractivity contribution in [3.8, 4) is 6.07 Å². The monoisotopic (exact) mass is 300 g/mol. The van der Waals surface area contributed by atoms with Crippen LogP contribution >= 0.6 is 11.6 Å². The highest BCUT2D eigenvalue weighted by atomic mass is 35.5. The van der Waals surface area contributed by atoms with Gasteiger partial charge in [0.25, 0.3) is 10.0 Å². The van der Waals surface area contributed by atoms with E-state index in [0.717, 1.165) is 18.2 Å². The van der Waals surface area contributed by atoms with Gasteiger partial charge in [0.1, 0.15) is 22.3 Å². The molecule has 0 aliphatic rings.